The monoisotopic (exact) mass is 247 g/mol. The summed E-state index contributed by atoms with van der Waals surface area (Å²) in [5.74, 6) is 0. The molecule has 3 heterocycles. The summed E-state index contributed by atoms with van der Waals surface area (Å²) in [6, 6.07) is 0. The quantitative estimate of drug-likeness (QED) is 0.562. The molecule has 0 aliphatic carbocycles. The van der Waals surface area contributed by atoms with Crippen LogP contribution >= 0.6 is 9.90 Å². The van der Waals surface area contributed by atoms with Crippen LogP contribution in [-0.4, -0.2) is 39.3 Å². The van der Waals surface area contributed by atoms with Crippen molar-refractivity contribution in [2.45, 2.75) is 38.5 Å². The second kappa shape index (κ2) is 13.4. The van der Waals surface area contributed by atoms with Crippen LogP contribution in [0.25, 0.3) is 0 Å². The van der Waals surface area contributed by atoms with Gasteiger partial charge in [0.05, 0.1) is 0 Å². The Morgan fingerprint density at radius 2 is 0.562 bits per heavy atom. The summed E-state index contributed by atoms with van der Waals surface area (Å²) >= 11 is 0. The van der Waals surface area contributed by atoms with Gasteiger partial charge in [-0.25, -0.2) is 0 Å². The first-order chi connectivity index (χ1) is 7.50. The second-order valence-electron chi connectivity index (χ2n) is 4.37. The molecule has 3 rings (SSSR count). The first-order valence-electron chi connectivity index (χ1n) is 6.62. The van der Waals surface area contributed by atoms with Crippen molar-refractivity contribution >= 4 is 9.90 Å². The lowest BCUT2D eigenvalue weighted by Gasteiger charge is -1.76. The smallest absolute Gasteiger partial charge is 0.00484 e. The average Bonchev–Trinajstić information content (AvgIpc) is 3.09. The maximum absolute atomic E-state index is 3.22. The van der Waals surface area contributed by atoms with Crippen molar-refractivity contribution in [3.05, 3.63) is 0 Å². The topological polar surface area (TPSA) is 36.1 Å². The molecular formula is C12H30N3P. The van der Waals surface area contributed by atoms with E-state index in [1.165, 1.54) is 77.8 Å². The minimum absolute atomic E-state index is 0. The van der Waals surface area contributed by atoms with Gasteiger partial charge in [0.15, 0.2) is 0 Å². The summed E-state index contributed by atoms with van der Waals surface area (Å²) in [5, 5.41) is 9.67. The molecule has 0 aromatic rings. The standard InChI is InChI=1S/3C4H9N.H3P/c3*1-2-4-5-3-1;/h3*5H,1-4H2;1H3. The molecule has 0 radical (unpaired) electrons. The molecule has 1 unspecified atom stereocenters. The second-order valence-corrected chi connectivity index (χ2v) is 4.37. The minimum atomic E-state index is 0. The van der Waals surface area contributed by atoms with Crippen molar-refractivity contribution in [1.82, 2.24) is 16.0 Å². The van der Waals surface area contributed by atoms with Crippen LogP contribution in [0, 0.1) is 0 Å². The van der Waals surface area contributed by atoms with Crippen molar-refractivity contribution in [2.24, 2.45) is 0 Å². The molecule has 0 amide bonds. The highest BCUT2D eigenvalue weighted by molar-refractivity contribution is 6.92. The number of rotatable bonds is 0. The highest BCUT2D eigenvalue weighted by Crippen LogP contribution is 1.91. The first kappa shape index (κ1) is 16.3. The van der Waals surface area contributed by atoms with E-state index in [-0.39, 0.29) is 9.90 Å². The Bertz CT molecular complexity index is 74.8. The predicted molar refractivity (Wildman–Crippen MR) is 77.4 cm³/mol. The molecule has 0 aromatic carbocycles. The molecule has 1 atom stereocenters. The Kier molecular flexibility index (Phi) is 13.6. The van der Waals surface area contributed by atoms with E-state index in [1.807, 2.05) is 0 Å². The molecule has 0 spiro atoms. The van der Waals surface area contributed by atoms with Crippen LogP contribution in [0.2, 0.25) is 0 Å². The van der Waals surface area contributed by atoms with Gasteiger partial charge in [-0.1, -0.05) is 0 Å². The van der Waals surface area contributed by atoms with Crippen LogP contribution in [0.4, 0.5) is 0 Å². The lowest BCUT2D eigenvalue weighted by Crippen LogP contribution is -2.03. The van der Waals surface area contributed by atoms with Gasteiger partial charge >= 0.3 is 0 Å². The molecular weight excluding hydrogens is 217 g/mol. The third kappa shape index (κ3) is 10.8. The summed E-state index contributed by atoms with van der Waals surface area (Å²) in [5.41, 5.74) is 0. The molecule has 0 saturated carbocycles. The molecule has 3 fully saturated rings. The zero-order valence-electron chi connectivity index (χ0n) is 10.7. The normalized spacial score (nSPS) is 22.5. The van der Waals surface area contributed by atoms with Gasteiger partial charge in [-0.15, -0.1) is 0 Å². The molecule has 3 saturated heterocycles. The van der Waals surface area contributed by atoms with Gasteiger partial charge in [0.25, 0.3) is 0 Å². The maximum Gasteiger partial charge on any atom is -0.00484 e. The van der Waals surface area contributed by atoms with E-state index in [4.69, 9.17) is 0 Å². The first-order valence-corrected chi connectivity index (χ1v) is 6.62. The molecule has 0 bridgehead atoms. The van der Waals surface area contributed by atoms with Gasteiger partial charge in [0.1, 0.15) is 0 Å². The summed E-state index contributed by atoms with van der Waals surface area (Å²) in [4.78, 5) is 0. The Morgan fingerprint density at radius 3 is 0.625 bits per heavy atom. The maximum atomic E-state index is 3.22. The Labute approximate surface area is 104 Å². The number of hydrogen-bond acceptors (Lipinski definition) is 3. The van der Waals surface area contributed by atoms with Crippen LogP contribution in [0.15, 0.2) is 0 Å². The zero-order chi connectivity index (χ0) is 10.6. The van der Waals surface area contributed by atoms with Gasteiger partial charge < -0.3 is 16.0 Å². The predicted octanol–water partition coefficient (Wildman–Crippen LogP) is 1.17. The van der Waals surface area contributed by atoms with Crippen molar-refractivity contribution < 1.29 is 0 Å². The molecule has 98 valence electrons. The molecule has 16 heavy (non-hydrogen) atoms. The van der Waals surface area contributed by atoms with E-state index in [0.717, 1.165) is 0 Å². The Balaban J connectivity index is 0.000000205. The molecule has 3 aliphatic heterocycles. The third-order valence-electron chi connectivity index (χ3n) is 2.87. The van der Waals surface area contributed by atoms with E-state index in [0.29, 0.717) is 0 Å². The van der Waals surface area contributed by atoms with Crippen LogP contribution in [-0.2, 0) is 0 Å². The zero-order valence-corrected chi connectivity index (χ0v) is 12.1. The molecule has 3 aliphatic rings. The molecule has 0 aromatic heterocycles. The van der Waals surface area contributed by atoms with Crippen molar-refractivity contribution in [3.8, 4) is 0 Å². The van der Waals surface area contributed by atoms with Crippen molar-refractivity contribution in [3.63, 3.8) is 0 Å². The Hall–Kier alpha value is 0.310. The van der Waals surface area contributed by atoms with Crippen LogP contribution in [0.5, 0.6) is 0 Å². The van der Waals surface area contributed by atoms with Gasteiger partial charge in [0.2, 0.25) is 0 Å². The third-order valence-corrected chi connectivity index (χ3v) is 2.87. The summed E-state index contributed by atoms with van der Waals surface area (Å²) < 4.78 is 0. The van der Waals surface area contributed by atoms with E-state index in [9.17, 15) is 0 Å². The minimum Gasteiger partial charge on any atom is -0.317 e. The van der Waals surface area contributed by atoms with E-state index >= 15 is 0 Å². The fraction of sp³-hybridized carbons (Fsp3) is 1.00. The fourth-order valence-corrected chi connectivity index (χ4v) is 1.87. The average molecular weight is 247 g/mol. The summed E-state index contributed by atoms with van der Waals surface area (Å²) in [6.07, 6.45) is 8.33. The fourth-order valence-electron chi connectivity index (χ4n) is 1.87. The molecule has 3 nitrogen and oxygen atoms in total. The highest BCUT2D eigenvalue weighted by atomic mass is 31.0. The van der Waals surface area contributed by atoms with Gasteiger partial charge in [0, 0.05) is 0 Å². The van der Waals surface area contributed by atoms with Gasteiger partial charge in [-0.3, -0.25) is 0 Å². The van der Waals surface area contributed by atoms with Gasteiger partial charge in [-0.2, -0.15) is 9.90 Å². The number of nitrogens with one attached hydrogen (secondary N) is 3. The highest BCUT2D eigenvalue weighted by Gasteiger charge is 1.94. The molecule has 4 heteroatoms. The van der Waals surface area contributed by atoms with E-state index in [2.05, 4.69) is 16.0 Å². The summed E-state index contributed by atoms with van der Waals surface area (Å²) in [6.45, 7) is 7.50. The lowest BCUT2D eigenvalue weighted by molar-refractivity contribution is 0.857. The largest absolute Gasteiger partial charge is 0.317 e. The Morgan fingerprint density at radius 1 is 0.375 bits per heavy atom. The SMILES string of the molecule is C1CCNC1.C1CCNC1.C1CCNC1.P. The van der Waals surface area contributed by atoms with Gasteiger partial charge in [-0.05, 0) is 77.8 Å². The van der Waals surface area contributed by atoms with Crippen molar-refractivity contribution in [2.75, 3.05) is 39.3 Å². The molecule has 3 N–H and O–H groups in total. The van der Waals surface area contributed by atoms with Crippen LogP contribution in [0.3, 0.4) is 0 Å². The van der Waals surface area contributed by atoms with E-state index < -0.39 is 0 Å². The lowest BCUT2D eigenvalue weighted by atomic mass is 10.4. The van der Waals surface area contributed by atoms with E-state index in [1.54, 1.807) is 0 Å². The number of hydrogen-bond donors (Lipinski definition) is 3. The summed E-state index contributed by atoms with van der Waals surface area (Å²) in [7, 11) is 0. The van der Waals surface area contributed by atoms with Crippen molar-refractivity contribution in [1.29, 1.82) is 0 Å². The van der Waals surface area contributed by atoms with Crippen LogP contribution in [0.1, 0.15) is 38.5 Å². The van der Waals surface area contributed by atoms with Crippen LogP contribution < -0.4 is 16.0 Å².